The summed E-state index contributed by atoms with van der Waals surface area (Å²) in [6.45, 7) is 3.64. The number of phenolic OH excluding ortho intramolecular Hbond substituents is 2. The zero-order valence-corrected chi connectivity index (χ0v) is 25.8. The second-order valence-corrected chi connectivity index (χ2v) is 11.8. The lowest BCUT2D eigenvalue weighted by Crippen LogP contribution is -2.15. The highest BCUT2D eigenvalue weighted by molar-refractivity contribution is 9.10. The first-order valence-electron chi connectivity index (χ1n) is 13.1. The number of nitrogens with one attached hydrogen (secondary N) is 2. The Balaban J connectivity index is 1.56. The second kappa shape index (κ2) is 11.5. The standard InChI is InChI=1S/C32H26Br2N4O4/c1-17-15-27(37-41-17)35-31(19-3-7-21(33)8-4-19)29-23-11-14-26(40)30(24(23)12-13-25(29)39)32(20-5-9-22(34)10-6-20)36-28-16-18(2)42-38-28/h3-16,31-32,39-40H,1-2H3,(H,35,37)(H,36,38)/t31-,32-/m0/s1. The highest BCUT2D eigenvalue weighted by atomic mass is 79.9. The molecular formula is C32H26Br2N4O4. The molecule has 10 heteroatoms. The fourth-order valence-electron chi connectivity index (χ4n) is 5.16. The van der Waals surface area contributed by atoms with Crippen LogP contribution in [0.25, 0.3) is 10.8 Å². The van der Waals surface area contributed by atoms with Crippen LogP contribution >= 0.6 is 31.9 Å². The molecule has 0 aliphatic carbocycles. The molecule has 2 aromatic heterocycles. The maximum Gasteiger partial charge on any atom is 0.170 e. The van der Waals surface area contributed by atoms with Crippen molar-refractivity contribution in [2.24, 2.45) is 0 Å². The Labute approximate surface area is 258 Å². The molecule has 2 heterocycles. The van der Waals surface area contributed by atoms with E-state index in [0.29, 0.717) is 34.3 Å². The zero-order valence-electron chi connectivity index (χ0n) is 22.6. The maximum atomic E-state index is 11.4. The highest BCUT2D eigenvalue weighted by Gasteiger charge is 2.27. The molecule has 0 amide bonds. The van der Waals surface area contributed by atoms with Crippen LogP contribution in [-0.2, 0) is 0 Å². The van der Waals surface area contributed by atoms with Gasteiger partial charge in [-0.05, 0) is 72.1 Å². The van der Waals surface area contributed by atoms with Crippen molar-refractivity contribution in [3.8, 4) is 11.5 Å². The molecule has 42 heavy (non-hydrogen) atoms. The number of phenols is 2. The molecule has 8 nitrogen and oxygen atoms in total. The molecule has 0 aliphatic rings. The van der Waals surface area contributed by atoms with Crippen LogP contribution in [-0.4, -0.2) is 20.5 Å². The van der Waals surface area contributed by atoms with E-state index in [9.17, 15) is 10.2 Å². The summed E-state index contributed by atoms with van der Waals surface area (Å²) in [4.78, 5) is 0. The smallest absolute Gasteiger partial charge is 0.170 e. The van der Waals surface area contributed by atoms with Crippen LogP contribution in [0.2, 0.25) is 0 Å². The van der Waals surface area contributed by atoms with Crippen LogP contribution < -0.4 is 10.6 Å². The molecule has 0 saturated carbocycles. The van der Waals surface area contributed by atoms with Crippen molar-refractivity contribution < 1.29 is 19.3 Å². The van der Waals surface area contributed by atoms with Gasteiger partial charge in [-0.25, -0.2) is 0 Å². The number of fused-ring (bicyclic) bond motifs is 1. The Morgan fingerprint density at radius 3 is 1.31 bits per heavy atom. The number of benzene rings is 4. The van der Waals surface area contributed by atoms with Crippen molar-refractivity contribution in [3.05, 3.63) is 128 Å². The van der Waals surface area contributed by atoms with Gasteiger partial charge in [0.05, 0.1) is 12.1 Å². The molecule has 0 saturated heterocycles. The van der Waals surface area contributed by atoms with Gasteiger partial charge in [0.15, 0.2) is 11.6 Å². The minimum Gasteiger partial charge on any atom is -0.508 e. The molecule has 212 valence electrons. The average molecular weight is 690 g/mol. The average Bonchev–Trinajstić information content (AvgIpc) is 3.59. The summed E-state index contributed by atoms with van der Waals surface area (Å²) in [5.74, 6) is 2.58. The molecule has 6 rings (SSSR count). The molecule has 6 aromatic rings. The Morgan fingerprint density at radius 2 is 0.976 bits per heavy atom. The van der Waals surface area contributed by atoms with Crippen molar-refractivity contribution in [1.29, 1.82) is 0 Å². The van der Waals surface area contributed by atoms with E-state index < -0.39 is 12.1 Å². The van der Waals surface area contributed by atoms with E-state index in [-0.39, 0.29) is 11.5 Å². The quantitative estimate of drug-likeness (QED) is 0.125. The predicted molar refractivity (Wildman–Crippen MR) is 169 cm³/mol. The molecule has 2 atom stereocenters. The summed E-state index contributed by atoms with van der Waals surface area (Å²) in [5.41, 5.74) is 3.06. The third-order valence-corrected chi connectivity index (χ3v) is 8.12. The summed E-state index contributed by atoms with van der Waals surface area (Å²) in [5, 5.41) is 39.4. The summed E-state index contributed by atoms with van der Waals surface area (Å²) < 4.78 is 12.5. The maximum absolute atomic E-state index is 11.4. The first kappa shape index (κ1) is 27.9. The summed E-state index contributed by atoms with van der Waals surface area (Å²) >= 11 is 7.03. The van der Waals surface area contributed by atoms with E-state index in [0.717, 1.165) is 30.8 Å². The van der Waals surface area contributed by atoms with E-state index in [1.165, 1.54) is 0 Å². The van der Waals surface area contributed by atoms with Crippen LogP contribution in [0.1, 0.15) is 45.9 Å². The molecular weight excluding hydrogens is 664 g/mol. The van der Waals surface area contributed by atoms with Crippen molar-refractivity contribution in [2.45, 2.75) is 25.9 Å². The number of nitrogens with zero attached hydrogens (tertiary/aromatic N) is 2. The van der Waals surface area contributed by atoms with Crippen LogP contribution in [0.4, 0.5) is 11.6 Å². The van der Waals surface area contributed by atoms with Gasteiger partial charge < -0.3 is 29.9 Å². The predicted octanol–water partition coefficient (Wildman–Crippen LogP) is 8.77. The van der Waals surface area contributed by atoms with Crippen LogP contribution in [0.5, 0.6) is 11.5 Å². The van der Waals surface area contributed by atoms with E-state index >= 15 is 0 Å². The van der Waals surface area contributed by atoms with Crippen LogP contribution in [0.15, 0.2) is 103 Å². The SMILES string of the molecule is Cc1cc(N[C@@H](c2ccc(Br)cc2)c2c(O)ccc3c([C@@H](Nc4cc(C)on4)c4ccc(Br)cc4)c(O)ccc23)no1. The van der Waals surface area contributed by atoms with Gasteiger partial charge in [0, 0.05) is 32.2 Å². The largest absolute Gasteiger partial charge is 0.508 e. The summed E-state index contributed by atoms with van der Waals surface area (Å²) in [6, 6.07) is 25.3. The third kappa shape index (κ3) is 5.60. The number of aryl methyl sites for hydroxylation is 2. The lowest BCUT2D eigenvalue weighted by atomic mass is 9.87. The molecule has 0 spiro atoms. The Kier molecular flexibility index (Phi) is 7.66. The van der Waals surface area contributed by atoms with Crippen molar-refractivity contribution >= 4 is 54.3 Å². The fourth-order valence-corrected chi connectivity index (χ4v) is 5.68. The molecule has 4 N–H and O–H groups in total. The van der Waals surface area contributed by atoms with Gasteiger partial charge in [0.2, 0.25) is 0 Å². The normalized spacial score (nSPS) is 12.8. The zero-order chi connectivity index (χ0) is 29.4. The number of hydrogen-bond acceptors (Lipinski definition) is 8. The van der Waals surface area contributed by atoms with E-state index in [1.807, 2.05) is 74.5 Å². The van der Waals surface area contributed by atoms with Gasteiger partial charge in [-0.15, -0.1) is 0 Å². The van der Waals surface area contributed by atoms with Gasteiger partial charge in [-0.3, -0.25) is 0 Å². The van der Waals surface area contributed by atoms with E-state index in [2.05, 4.69) is 52.8 Å². The number of rotatable bonds is 8. The Bertz CT molecular complexity index is 1730. The fraction of sp³-hybridized carbons (Fsp3) is 0.125. The summed E-state index contributed by atoms with van der Waals surface area (Å²) in [6.07, 6.45) is 0. The summed E-state index contributed by atoms with van der Waals surface area (Å²) in [7, 11) is 0. The van der Waals surface area contributed by atoms with Gasteiger partial charge >= 0.3 is 0 Å². The Morgan fingerprint density at radius 1 is 0.595 bits per heavy atom. The van der Waals surface area contributed by atoms with Gasteiger partial charge in [0.1, 0.15) is 23.0 Å². The lowest BCUT2D eigenvalue weighted by Gasteiger charge is -2.26. The Hall–Kier alpha value is -4.28. The van der Waals surface area contributed by atoms with E-state index in [1.54, 1.807) is 24.3 Å². The minimum atomic E-state index is -0.499. The first-order chi connectivity index (χ1) is 20.3. The van der Waals surface area contributed by atoms with Crippen LogP contribution in [0, 0.1) is 13.8 Å². The van der Waals surface area contributed by atoms with Gasteiger partial charge in [0.25, 0.3) is 0 Å². The van der Waals surface area contributed by atoms with Gasteiger partial charge in [-0.2, -0.15) is 0 Å². The number of aromatic nitrogens is 2. The molecule has 0 unspecified atom stereocenters. The second-order valence-electron chi connectivity index (χ2n) is 10.00. The van der Waals surface area contributed by atoms with Gasteiger partial charge in [-0.1, -0.05) is 78.6 Å². The third-order valence-electron chi connectivity index (χ3n) is 7.06. The lowest BCUT2D eigenvalue weighted by molar-refractivity contribution is 0.399. The molecule has 0 radical (unpaired) electrons. The van der Waals surface area contributed by atoms with Crippen molar-refractivity contribution in [2.75, 3.05) is 10.6 Å². The molecule has 0 aliphatic heterocycles. The van der Waals surface area contributed by atoms with Crippen molar-refractivity contribution in [3.63, 3.8) is 0 Å². The number of aromatic hydroxyl groups is 2. The first-order valence-corrected chi connectivity index (χ1v) is 14.7. The monoisotopic (exact) mass is 688 g/mol. The number of halogens is 2. The molecule has 0 bridgehead atoms. The van der Waals surface area contributed by atoms with E-state index in [4.69, 9.17) is 9.05 Å². The molecule has 4 aromatic carbocycles. The van der Waals surface area contributed by atoms with Crippen molar-refractivity contribution in [1.82, 2.24) is 10.3 Å². The number of anilines is 2. The minimum absolute atomic E-state index is 0.0973. The molecule has 0 fully saturated rings. The van der Waals surface area contributed by atoms with Crippen LogP contribution in [0.3, 0.4) is 0 Å². The topological polar surface area (TPSA) is 117 Å². The number of hydrogen-bond donors (Lipinski definition) is 4. The highest BCUT2D eigenvalue weighted by Crippen LogP contribution is 2.44.